The second kappa shape index (κ2) is 4.91. The molecular weight excluding hydrogens is 361 g/mol. The van der Waals surface area contributed by atoms with Crippen LogP contribution >= 0.6 is 43.2 Å². The maximum Gasteiger partial charge on any atom is 0.137 e. The van der Waals surface area contributed by atoms with E-state index in [9.17, 15) is 9.50 Å². The molecule has 1 unspecified atom stereocenters. The molecule has 0 aliphatic carbocycles. The highest BCUT2D eigenvalue weighted by Crippen LogP contribution is 2.32. The third-order valence-electron chi connectivity index (χ3n) is 2.06. The van der Waals surface area contributed by atoms with Gasteiger partial charge in [-0.15, -0.1) is 11.3 Å². The summed E-state index contributed by atoms with van der Waals surface area (Å²) in [5.74, 6) is -0.348. The first-order chi connectivity index (χ1) is 7.59. The fourth-order valence-corrected chi connectivity index (χ4v) is 3.07. The van der Waals surface area contributed by atoms with Crippen LogP contribution in [0, 0.1) is 5.82 Å². The Morgan fingerprint density at radius 2 is 2.12 bits per heavy atom. The molecule has 0 bridgehead atoms. The maximum atomic E-state index is 13.0. The van der Waals surface area contributed by atoms with E-state index < -0.39 is 6.10 Å². The predicted octanol–water partition coefficient (Wildman–Crippen LogP) is 3.89. The van der Waals surface area contributed by atoms with E-state index in [1.165, 1.54) is 17.4 Å². The third-order valence-corrected chi connectivity index (χ3v) is 4.44. The fourth-order valence-electron chi connectivity index (χ4n) is 1.25. The van der Waals surface area contributed by atoms with Gasteiger partial charge in [0.05, 0.1) is 14.9 Å². The Morgan fingerprint density at radius 3 is 2.69 bits per heavy atom. The molecule has 1 aromatic carbocycles. The Balaban J connectivity index is 2.38. The third kappa shape index (κ3) is 2.34. The molecule has 0 spiro atoms. The van der Waals surface area contributed by atoms with Crippen LogP contribution in [-0.4, -0.2) is 10.1 Å². The number of aliphatic hydroxyl groups is 1. The predicted molar refractivity (Wildman–Crippen MR) is 68.0 cm³/mol. The second-order valence-corrected chi connectivity index (χ2v) is 5.58. The number of hydrogen-bond donors (Lipinski definition) is 1. The topological polar surface area (TPSA) is 33.1 Å². The van der Waals surface area contributed by atoms with Crippen molar-refractivity contribution in [3.8, 4) is 0 Å². The van der Waals surface area contributed by atoms with Gasteiger partial charge in [-0.2, -0.15) is 0 Å². The number of benzene rings is 1. The van der Waals surface area contributed by atoms with Crippen LogP contribution in [0.5, 0.6) is 0 Å². The average molecular weight is 367 g/mol. The van der Waals surface area contributed by atoms with Crippen LogP contribution in [0.15, 0.2) is 32.8 Å². The van der Waals surface area contributed by atoms with Crippen LogP contribution in [0.2, 0.25) is 0 Å². The first-order valence-corrected chi connectivity index (χ1v) is 6.78. The molecule has 1 N–H and O–H groups in total. The van der Waals surface area contributed by atoms with E-state index >= 15 is 0 Å². The highest BCUT2D eigenvalue weighted by Gasteiger charge is 2.17. The minimum absolute atomic E-state index is 0.338. The number of halogens is 3. The SMILES string of the molecule is OC(c1ccc(F)c(Br)c1)c1scnc1Br. The Morgan fingerprint density at radius 1 is 1.38 bits per heavy atom. The zero-order valence-corrected chi connectivity index (χ0v) is 11.8. The normalized spacial score (nSPS) is 12.8. The van der Waals surface area contributed by atoms with Crippen molar-refractivity contribution in [1.82, 2.24) is 4.98 Å². The number of nitrogens with zero attached hydrogens (tertiary/aromatic N) is 1. The molecule has 1 atom stereocenters. The minimum atomic E-state index is -0.793. The Hall–Kier alpha value is -0.300. The van der Waals surface area contributed by atoms with Crippen LogP contribution in [0.1, 0.15) is 16.5 Å². The fraction of sp³-hybridized carbons (Fsp3) is 0.100. The molecule has 0 fully saturated rings. The van der Waals surface area contributed by atoms with Crippen molar-refractivity contribution < 1.29 is 9.50 Å². The molecule has 6 heteroatoms. The van der Waals surface area contributed by atoms with Crippen molar-refractivity contribution in [2.45, 2.75) is 6.10 Å². The number of rotatable bonds is 2. The quantitative estimate of drug-likeness (QED) is 0.874. The molecular formula is C10H6Br2FNOS. The monoisotopic (exact) mass is 365 g/mol. The van der Waals surface area contributed by atoms with Gasteiger partial charge in [-0.05, 0) is 49.6 Å². The standard InChI is InChI=1S/C10H6Br2FNOS/c11-6-3-5(1-2-7(6)13)8(15)9-10(12)14-4-16-9/h1-4,8,15H. The lowest BCUT2D eigenvalue weighted by Gasteiger charge is -2.09. The molecule has 0 radical (unpaired) electrons. The minimum Gasteiger partial charge on any atom is -0.383 e. The lowest BCUT2D eigenvalue weighted by atomic mass is 10.1. The highest BCUT2D eigenvalue weighted by atomic mass is 79.9. The summed E-state index contributed by atoms with van der Waals surface area (Å²) in [5, 5.41) is 10.1. The summed E-state index contributed by atoms with van der Waals surface area (Å²) in [7, 11) is 0. The van der Waals surface area contributed by atoms with Gasteiger partial charge in [0.15, 0.2) is 0 Å². The van der Waals surface area contributed by atoms with Crippen molar-refractivity contribution in [2.24, 2.45) is 0 Å². The van der Waals surface area contributed by atoms with Gasteiger partial charge in [-0.3, -0.25) is 0 Å². The summed E-state index contributed by atoms with van der Waals surface area (Å²) in [6.45, 7) is 0. The Labute approximate surface area is 112 Å². The van der Waals surface area contributed by atoms with Gasteiger partial charge in [0, 0.05) is 0 Å². The summed E-state index contributed by atoms with van der Waals surface area (Å²) in [4.78, 5) is 4.70. The maximum absolute atomic E-state index is 13.0. The zero-order valence-electron chi connectivity index (χ0n) is 7.82. The molecule has 0 saturated carbocycles. The number of aliphatic hydroxyl groups excluding tert-OH is 1. The van der Waals surface area contributed by atoms with Gasteiger partial charge in [-0.25, -0.2) is 9.37 Å². The number of hydrogen-bond acceptors (Lipinski definition) is 3. The number of thiazole rings is 1. The second-order valence-electron chi connectivity index (χ2n) is 3.08. The van der Waals surface area contributed by atoms with Gasteiger partial charge >= 0.3 is 0 Å². The summed E-state index contributed by atoms with van der Waals surface area (Å²) in [5.41, 5.74) is 2.26. The Kier molecular flexibility index (Phi) is 3.73. The van der Waals surface area contributed by atoms with Crippen LogP contribution in [-0.2, 0) is 0 Å². The lowest BCUT2D eigenvalue weighted by Crippen LogP contribution is -1.98. The summed E-state index contributed by atoms with van der Waals surface area (Å²) in [6.07, 6.45) is -0.793. The summed E-state index contributed by atoms with van der Waals surface area (Å²) < 4.78 is 14.0. The first kappa shape index (κ1) is 12.2. The molecule has 2 aromatic rings. The van der Waals surface area contributed by atoms with E-state index in [1.54, 1.807) is 17.6 Å². The van der Waals surface area contributed by atoms with Crippen molar-refractivity contribution in [1.29, 1.82) is 0 Å². The van der Waals surface area contributed by atoms with Crippen molar-refractivity contribution in [2.75, 3.05) is 0 Å². The highest BCUT2D eigenvalue weighted by molar-refractivity contribution is 9.10. The van der Waals surface area contributed by atoms with E-state index in [2.05, 4.69) is 36.8 Å². The van der Waals surface area contributed by atoms with Gasteiger partial charge in [0.1, 0.15) is 16.5 Å². The molecule has 0 amide bonds. The van der Waals surface area contributed by atoms with E-state index in [-0.39, 0.29) is 5.82 Å². The molecule has 0 aliphatic rings. The van der Waals surface area contributed by atoms with E-state index in [1.807, 2.05) is 0 Å². The largest absolute Gasteiger partial charge is 0.383 e. The first-order valence-electron chi connectivity index (χ1n) is 4.31. The van der Waals surface area contributed by atoms with Crippen LogP contribution in [0.3, 0.4) is 0 Å². The molecule has 0 saturated heterocycles. The average Bonchev–Trinajstić information content (AvgIpc) is 2.67. The van der Waals surface area contributed by atoms with Crippen molar-refractivity contribution in [3.05, 3.63) is 49.0 Å². The molecule has 0 aliphatic heterocycles. The summed E-state index contributed by atoms with van der Waals surface area (Å²) in [6, 6.07) is 4.43. The number of aromatic nitrogens is 1. The van der Waals surface area contributed by atoms with Gasteiger partial charge < -0.3 is 5.11 Å². The smallest absolute Gasteiger partial charge is 0.137 e. The summed E-state index contributed by atoms with van der Waals surface area (Å²) >= 11 is 7.68. The van der Waals surface area contributed by atoms with Crippen LogP contribution in [0.25, 0.3) is 0 Å². The van der Waals surface area contributed by atoms with Crippen LogP contribution in [0.4, 0.5) is 4.39 Å². The lowest BCUT2D eigenvalue weighted by molar-refractivity contribution is 0.223. The van der Waals surface area contributed by atoms with E-state index in [0.29, 0.717) is 19.5 Å². The molecule has 84 valence electrons. The van der Waals surface area contributed by atoms with E-state index in [4.69, 9.17) is 0 Å². The van der Waals surface area contributed by atoms with Crippen LogP contribution < -0.4 is 0 Å². The molecule has 1 aromatic heterocycles. The van der Waals surface area contributed by atoms with Crippen molar-refractivity contribution in [3.63, 3.8) is 0 Å². The Bertz CT molecular complexity index is 517. The van der Waals surface area contributed by atoms with Crippen molar-refractivity contribution >= 4 is 43.2 Å². The van der Waals surface area contributed by atoms with Gasteiger partial charge in [-0.1, -0.05) is 6.07 Å². The zero-order chi connectivity index (χ0) is 11.7. The van der Waals surface area contributed by atoms with Gasteiger partial charge in [0.25, 0.3) is 0 Å². The molecule has 16 heavy (non-hydrogen) atoms. The van der Waals surface area contributed by atoms with Gasteiger partial charge in [0.2, 0.25) is 0 Å². The molecule has 1 heterocycles. The molecule has 2 nitrogen and oxygen atoms in total. The molecule has 2 rings (SSSR count). The van der Waals surface area contributed by atoms with E-state index in [0.717, 1.165) is 0 Å².